The molecule has 0 bridgehead atoms. The van der Waals surface area contributed by atoms with Crippen LogP contribution in [0.3, 0.4) is 0 Å². The van der Waals surface area contributed by atoms with E-state index in [-0.39, 0.29) is 48.9 Å². The molecule has 92 valence electrons. The Labute approximate surface area is 139 Å². The van der Waals surface area contributed by atoms with E-state index in [1.54, 1.807) is 0 Å². The summed E-state index contributed by atoms with van der Waals surface area (Å²) in [6.45, 7) is 11.4. The molecule has 0 unspecified atom stereocenters. The van der Waals surface area contributed by atoms with Crippen LogP contribution in [0.1, 0.15) is 46.0 Å². The molecule has 0 spiro atoms. The van der Waals surface area contributed by atoms with Crippen LogP contribution < -0.4 is 0 Å². The van der Waals surface area contributed by atoms with Crippen molar-refractivity contribution in [2.24, 2.45) is 0 Å². The first-order chi connectivity index (χ1) is 6.95. The molecule has 5 heteroatoms. The normalized spacial score (nSPS) is 7.25. The quantitative estimate of drug-likeness (QED) is 0.461. The molecule has 0 aliphatic heterocycles. The van der Waals surface area contributed by atoms with E-state index in [1.165, 1.54) is 12.8 Å². The van der Waals surface area contributed by atoms with Gasteiger partial charge in [-0.3, -0.25) is 9.59 Å². The third-order valence-electron chi connectivity index (χ3n) is 1.01. The van der Waals surface area contributed by atoms with Crippen LogP contribution >= 0.6 is 0 Å². The summed E-state index contributed by atoms with van der Waals surface area (Å²) in [5.41, 5.74) is 0. The zero-order valence-electron chi connectivity index (χ0n) is 10.4. The SMILES string of the molecule is O=C(O)CC(=O)O.[Ba+2].[CH2-]CCC.[CH2-]CCC. The van der Waals surface area contributed by atoms with E-state index in [0.29, 0.717) is 0 Å². The second kappa shape index (κ2) is 24.6. The maximum absolute atomic E-state index is 9.43. The van der Waals surface area contributed by atoms with E-state index in [4.69, 9.17) is 10.2 Å². The largest absolute Gasteiger partial charge is 2.00 e. The first-order valence-electron chi connectivity index (χ1n) is 4.98. The number of carboxylic acid groups (broad SMARTS) is 2. The number of carbonyl (C=O) groups is 2. The smallest absolute Gasteiger partial charge is 0.481 e. The number of hydrogen-bond donors (Lipinski definition) is 2. The molecule has 0 amide bonds. The Morgan fingerprint density at radius 2 is 1.12 bits per heavy atom. The summed E-state index contributed by atoms with van der Waals surface area (Å²) < 4.78 is 0. The molecule has 0 heterocycles. The van der Waals surface area contributed by atoms with Crippen molar-refractivity contribution in [1.29, 1.82) is 0 Å². The van der Waals surface area contributed by atoms with Crippen molar-refractivity contribution in [3.63, 3.8) is 0 Å². The Hall–Kier alpha value is 0.511. The monoisotopic (exact) mass is 356 g/mol. The molecule has 2 N–H and O–H groups in total. The molecule has 0 fully saturated rings. The van der Waals surface area contributed by atoms with E-state index >= 15 is 0 Å². The van der Waals surface area contributed by atoms with Gasteiger partial charge in [-0.15, -0.1) is 0 Å². The average Bonchev–Trinajstić information content (AvgIpc) is 2.16. The van der Waals surface area contributed by atoms with Crippen molar-refractivity contribution >= 4 is 60.8 Å². The topological polar surface area (TPSA) is 74.6 Å². The van der Waals surface area contributed by atoms with Crippen molar-refractivity contribution in [3.05, 3.63) is 13.8 Å². The van der Waals surface area contributed by atoms with Crippen LogP contribution in [-0.4, -0.2) is 71.0 Å². The van der Waals surface area contributed by atoms with Crippen molar-refractivity contribution < 1.29 is 19.8 Å². The third kappa shape index (κ3) is 62.5. The molecule has 0 aliphatic rings. The number of rotatable bonds is 4. The Bertz CT molecular complexity index is 129. The summed E-state index contributed by atoms with van der Waals surface area (Å²) in [7, 11) is 0. The molecule has 0 aromatic heterocycles. The maximum Gasteiger partial charge on any atom is 2.00 e. The molecular formula is C11H22BaO4. The summed E-state index contributed by atoms with van der Waals surface area (Å²) in [5.74, 6) is -2.62. The average molecular weight is 356 g/mol. The number of aliphatic carboxylic acids is 2. The minimum atomic E-state index is -1.31. The molecule has 0 aromatic rings. The van der Waals surface area contributed by atoms with Crippen molar-refractivity contribution in [2.75, 3.05) is 0 Å². The van der Waals surface area contributed by atoms with Crippen LogP contribution in [0.4, 0.5) is 0 Å². The van der Waals surface area contributed by atoms with Crippen molar-refractivity contribution in [3.8, 4) is 0 Å². The van der Waals surface area contributed by atoms with Crippen LogP contribution in [0.25, 0.3) is 0 Å². The van der Waals surface area contributed by atoms with Crippen LogP contribution in [0.15, 0.2) is 0 Å². The Balaban J connectivity index is -0.0000000700. The van der Waals surface area contributed by atoms with Gasteiger partial charge in [-0.25, -0.2) is 0 Å². The maximum atomic E-state index is 9.43. The van der Waals surface area contributed by atoms with Gasteiger partial charge >= 0.3 is 60.8 Å². The van der Waals surface area contributed by atoms with Gasteiger partial charge < -0.3 is 24.1 Å². The van der Waals surface area contributed by atoms with E-state index in [1.807, 2.05) is 0 Å². The van der Waals surface area contributed by atoms with E-state index in [9.17, 15) is 9.59 Å². The van der Waals surface area contributed by atoms with E-state index < -0.39 is 18.4 Å². The molecule has 0 aromatic carbocycles. The Kier molecular flexibility index (Phi) is 39.1. The molecule has 4 nitrogen and oxygen atoms in total. The van der Waals surface area contributed by atoms with Gasteiger partial charge in [-0.2, -0.15) is 12.8 Å². The van der Waals surface area contributed by atoms with E-state index in [2.05, 4.69) is 27.7 Å². The molecule has 0 saturated carbocycles. The Morgan fingerprint density at radius 1 is 0.938 bits per heavy atom. The predicted octanol–water partition coefficient (Wildman–Crippen LogP) is 2.41. The fourth-order valence-electron chi connectivity index (χ4n) is 0.129. The molecule has 0 aliphatic carbocycles. The fourth-order valence-corrected chi connectivity index (χ4v) is 0.129. The summed E-state index contributed by atoms with van der Waals surface area (Å²) >= 11 is 0. The van der Waals surface area contributed by atoms with Crippen LogP contribution in [0.2, 0.25) is 0 Å². The van der Waals surface area contributed by atoms with Gasteiger partial charge in [0.25, 0.3) is 0 Å². The van der Waals surface area contributed by atoms with Crippen LogP contribution in [0.5, 0.6) is 0 Å². The van der Waals surface area contributed by atoms with Gasteiger partial charge in [0.05, 0.1) is 0 Å². The van der Waals surface area contributed by atoms with Gasteiger partial charge in [0.2, 0.25) is 0 Å². The second-order valence-electron chi connectivity index (χ2n) is 2.67. The Morgan fingerprint density at radius 3 is 1.12 bits per heavy atom. The summed E-state index contributed by atoms with van der Waals surface area (Å²) in [6, 6.07) is 0. The first kappa shape index (κ1) is 25.4. The zero-order chi connectivity index (χ0) is 12.7. The molecule has 0 rings (SSSR count). The van der Waals surface area contributed by atoms with Gasteiger partial charge in [0, 0.05) is 0 Å². The molecular weight excluding hydrogens is 333 g/mol. The first-order valence-corrected chi connectivity index (χ1v) is 4.98. The van der Waals surface area contributed by atoms with Gasteiger partial charge in [-0.05, 0) is 0 Å². The molecule has 0 saturated heterocycles. The summed E-state index contributed by atoms with van der Waals surface area (Å²) in [6.07, 6.45) is 3.75. The van der Waals surface area contributed by atoms with Crippen molar-refractivity contribution in [1.82, 2.24) is 0 Å². The van der Waals surface area contributed by atoms with Gasteiger partial charge in [0.1, 0.15) is 6.42 Å². The molecule has 0 atom stereocenters. The number of hydrogen-bond acceptors (Lipinski definition) is 2. The fraction of sp³-hybridized carbons (Fsp3) is 0.636. The number of unbranched alkanes of at least 4 members (excludes halogenated alkanes) is 2. The number of carboxylic acids is 2. The molecule has 0 radical (unpaired) electrons. The van der Waals surface area contributed by atoms with Gasteiger partial charge in [0.15, 0.2) is 0 Å². The van der Waals surface area contributed by atoms with Gasteiger partial charge in [-0.1, -0.05) is 26.7 Å². The molecule has 16 heavy (non-hydrogen) atoms. The van der Waals surface area contributed by atoms with E-state index in [0.717, 1.165) is 12.8 Å². The van der Waals surface area contributed by atoms with Crippen LogP contribution in [0, 0.1) is 13.8 Å². The second-order valence-corrected chi connectivity index (χ2v) is 2.67. The third-order valence-corrected chi connectivity index (χ3v) is 1.01. The minimum Gasteiger partial charge on any atom is -0.481 e. The summed E-state index contributed by atoms with van der Waals surface area (Å²) in [5, 5.41) is 15.4. The van der Waals surface area contributed by atoms with Crippen LogP contribution in [-0.2, 0) is 9.59 Å². The standard InChI is InChI=1S/2C4H9.C3H4O4.Ba/c2*1-3-4-2;4-2(5)1-3(6)7;/h2*1,3-4H2,2H3;1H2,(H,4,5)(H,6,7);/q2*-1;;+2. The predicted molar refractivity (Wildman–Crippen MR) is 66.2 cm³/mol. The zero-order valence-corrected chi connectivity index (χ0v) is 14.8. The summed E-state index contributed by atoms with van der Waals surface area (Å²) in [4.78, 5) is 18.9. The minimum absolute atomic E-state index is 0. The van der Waals surface area contributed by atoms with Crippen molar-refractivity contribution in [2.45, 2.75) is 46.0 Å².